The highest BCUT2D eigenvalue weighted by Gasteiger charge is 2.64. The van der Waals surface area contributed by atoms with Gasteiger partial charge in [-0.15, -0.1) is 0 Å². The molecule has 0 fully saturated rings. The normalized spacial score (nSPS) is 20.0. The van der Waals surface area contributed by atoms with Crippen LogP contribution in [0.25, 0.3) is 0 Å². The van der Waals surface area contributed by atoms with Crippen molar-refractivity contribution in [1.29, 1.82) is 0 Å². The van der Waals surface area contributed by atoms with Crippen molar-refractivity contribution in [1.82, 2.24) is 35.0 Å². The zero-order chi connectivity index (χ0) is 71.7. The second kappa shape index (κ2) is 31.3. The Hall–Kier alpha value is -8.71. The van der Waals surface area contributed by atoms with E-state index in [4.69, 9.17) is 56.7 Å². The van der Waals surface area contributed by atoms with Crippen molar-refractivity contribution < 1.29 is 54.9 Å². The maximum absolute atomic E-state index is 17.8. The van der Waals surface area contributed by atoms with Gasteiger partial charge in [0.15, 0.2) is 21.7 Å². The number of pyridine rings is 4. The summed E-state index contributed by atoms with van der Waals surface area (Å²) >= 11 is 2.83. The fraction of sp³-hybridized carbons (Fsp3) is 0.315. The SMILES string of the molecule is CCc1cccc(C2(CCCN)SC(c3cc(F)ccc3F)=NN2C(=O)C(CCC(OC)(C(=O)N2N=C(c3cc(F)ccc3F)SC2(CCCN)c2ccccn2)c2ccccn2)(C[C@@](OC)(C(=O)N2N=C(c3cc(F)ccc3F)SC2(CCCN)c2cccnc2)c2cccnc2)OC)c1. The molecule has 28 heteroatoms. The molecule has 6 N–H and O–H groups in total. The molecule has 19 nitrogen and oxygen atoms in total. The molecular formula is C73H73F6N13O6S3. The summed E-state index contributed by atoms with van der Waals surface area (Å²) in [6.07, 6.45) is 7.64. The predicted molar refractivity (Wildman–Crippen MR) is 376 cm³/mol. The van der Waals surface area contributed by atoms with Crippen molar-refractivity contribution in [2.45, 2.75) is 103 Å². The fourth-order valence-corrected chi connectivity index (χ4v) is 17.3. The average molecular weight is 1440 g/mol. The van der Waals surface area contributed by atoms with Crippen molar-refractivity contribution in [3.63, 3.8) is 0 Å². The van der Waals surface area contributed by atoms with E-state index in [0.717, 1.165) is 110 Å². The van der Waals surface area contributed by atoms with Crippen LogP contribution in [0.3, 0.4) is 0 Å². The van der Waals surface area contributed by atoms with Crippen LogP contribution in [0.4, 0.5) is 26.3 Å². The Bertz CT molecular complexity index is 4420. The number of aromatic nitrogens is 4. The van der Waals surface area contributed by atoms with E-state index in [2.05, 4.69) is 9.97 Å². The third-order valence-corrected chi connectivity index (χ3v) is 22.7. The number of carbonyl (C=O) groups excluding carboxylic acids is 3. The molecule has 7 heterocycles. The lowest BCUT2D eigenvalue weighted by Crippen LogP contribution is -2.61. The van der Waals surface area contributed by atoms with Crippen molar-refractivity contribution in [2.75, 3.05) is 41.0 Å². The lowest BCUT2D eigenvalue weighted by Gasteiger charge is -2.47. The van der Waals surface area contributed by atoms with Crippen LogP contribution in [0.15, 0.2) is 192 Å². The number of carbonyl (C=O) groups is 3. The molecule has 0 radical (unpaired) electrons. The Morgan fingerprint density at radius 1 is 0.485 bits per heavy atom. The number of hydrogen-bond acceptors (Lipinski definition) is 19. The van der Waals surface area contributed by atoms with Crippen LogP contribution in [-0.2, 0) is 60.8 Å². The smallest absolute Gasteiger partial charge is 0.282 e. The summed E-state index contributed by atoms with van der Waals surface area (Å²) in [7, 11) is 3.67. The Morgan fingerprint density at radius 2 is 0.970 bits per heavy atom. The molecule has 0 saturated heterocycles. The van der Waals surface area contributed by atoms with Crippen LogP contribution < -0.4 is 17.2 Å². The summed E-state index contributed by atoms with van der Waals surface area (Å²) in [5, 5.41) is 17.8. The number of amides is 3. The Morgan fingerprint density at radius 3 is 1.45 bits per heavy atom. The topological polar surface area (TPSA) is 255 Å². The second-order valence-electron chi connectivity index (χ2n) is 24.2. The maximum atomic E-state index is 17.8. The number of halogens is 6. The lowest BCUT2D eigenvalue weighted by molar-refractivity contribution is -0.187. The Kier molecular flexibility index (Phi) is 22.8. The van der Waals surface area contributed by atoms with Crippen molar-refractivity contribution in [3.8, 4) is 0 Å². The van der Waals surface area contributed by atoms with E-state index < -0.39 is 103 Å². The first-order valence-corrected chi connectivity index (χ1v) is 35.0. The first-order valence-electron chi connectivity index (χ1n) is 32.5. The number of nitrogens with two attached hydrogens (primary N) is 3. The highest BCUT2D eigenvalue weighted by atomic mass is 32.2. The van der Waals surface area contributed by atoms with Gasteiger partial charge in [0, 0.05) is 92.7 Å². The number of methoxy groups -OCH3 is 3. The summed E-state index contributed by atoms with van der Waals surface area (Å²) < 4.78 is 116. The third kappa shape index (κ3) is 14.0. The number of aryl methyl sites for hydroxylation is 1. The van der Waals surface area contributed by atoms with E-state index in [1.807, 2.05) is 19.1 Å². The number of benzene rings is 4. The average Bonchev–Trinajstić information content (AvgIpc) is 1.67. The van der Waals surface area contributed by atoms with Gasteiger partial charge in [0.25, 0.3) is 17.7 Å². The largest absolute Gasteiger partial charge is 0.368 e. The van der Waals surface area contributed by atoms with Gasteiger partial charge in [0.1, 0.15) is 59.8 Å². The number of hydrazone groups is 3. The molecule has 4 aromatic heterocycles. The molecular weight excluding hydrogens is 1370 g/mol. The van der Waals surface area contributed by atoms with Crippen LogP contribution in [0, 0.1) is 34.9 Å². The molecule has 526 valence electrons. The summed E-state index contributed by atoms with van der Waals surface area (Å²) in [5.74, 6) is -8.07. The Balaban J connectivity index is 1.20. The number of thioether (sulfide) groups is 3. The second-order valence-corrected chi connectivity index (χ2v) is 28.0. The number of nitrogens with zero attached hydrogens (tertiary/aromatic N) is 10. The van der Waals surface area contributed by atoms with Gasteiger partial charge >= 0.3 is 0 Å². The maximum Gasteiger partial charge on any atom is 0.282 e. The zero-order valence-electron chi connectivity index (χ0n) is 55.6. The quantitative estimate of drug-likeness (QED) is 0.0368. The van der Waals surface area contributed by atoms with Gasteiger partial charge in [0.05, 0.1) is 11.4 Å². The van der Waals surface area contributed by atoms with Crippen LogP contribution in [0.5, 0.6) is 0 Å². The minimum Gasteiger partial charge on any atom is -0.368 e. The van der Waals surface area contributed by atoms with E-state index >= 15 is 40.7 Å². The molecule has 3 amide bonds. The van der Waals surface area contributed by atoms with Gasteiger partial charge < -0.3 is 31.4 Å². The van der Waals surface area contributed by atoms with Crippen molar-refractivity contribution >= 4 is 68.1 Å². The van der Waals surface area contributed by atoms with Gasteiger partial charge in [-0.2, -0.15) is 15.3 Å². The summed E-state index contributed by atoms with van der Waals surface area (Å²) in [5.41, 5.74) is 12.3. The lowest BCUT2D eigenvalue weighted by atomic mass is 9.75. The van der Waals surface area contributed by atoms with E-state index in [9.17, 15) is 0 Å². The first kappa shape index (κ1) is 73.5. The summed E-state index contributed by atoms with van der Waals surface area (Å²) in [6, 6.07) is 31.9. The molecule has 0 saturated carbocycles. The number of hydrogen-bond donors (Lipinski definition) is 3. The van der Waals surface area contributed by atoms with Crippen LogP contribution in [0.2, 0.25) is 0 Å². The first-order chi connectivity index (χ1) is 48.8. The molecule has 101 heavy (non-hydrogen) atoms. The third-order valence-electron chi connectivity index (χ3n) is 18.4. The Labute approximate surface area is 592 Å². The number of ether oxygens (including phenoxy) is 3. The van der Waals surface area contributed by atoms with Gasteiger partial charge in [-0.1, -0.05) is 90.7 Å². The van der Waals surface area contributed by atoms with Gasteiger partial charge in [-0.25, -0.2) is 41.4 Å². The van der Waals surface area contributed by atoms with Gasteiger partial charge in [-0.05, 0) is 180 Å². The van der Waals surface area contributed by atoms with Crippen molar-refractivity contribution in [2.24, 2.45) is 32.5 Å². The van der Waals surface area contributed by atoms with Gasteiger partial charge in [-0.3, -0.25) is 34.3 Å². The summed E-state index contributed by atoms with van der Waals surface area (Å²) in [6.45, 7) is 2.17. The molecule has 3 aliphatic heterocycles. The molecule has 6 atom stereocenters. The van der Waals surface area contributed by atoms with Crippen LogP contribution in [-0.4, -0.2) is 114 Å². The molecule has 0 bridgehead atoms. The van der Waals surface area contributed by atoms with E-state index in [-0.39, 0.29) is 107 Å². The van der Waals surface area contributed by atoms with Crippen molar-refractivity contribution in [3.05, 3.63) is 262 Å². The number of rotatable bonds is 29. The fourth-order valence-electron chi connectivity index (χ4n) is 13.1. The van der Waals surface area contributed by atoms with Crippen LogP contribution >= 0.6 is 35.3 Å². The van der Waals surface area contributed by atoms with Gasteiger partial charge in [0.2, 0.25) is 0 Å². The monoisotopic (exact) mass is 1440 g/mol. The summed E-state index contributed by atoms with van der Waals surface area (Å²) in [4.78, 5) is 65.6. The van der Waals surface area contributed by atoms with E-state index in [1.54, 1.807) is 54.6 Å². The molecule has 3 aliphatic rings. The highest BCUT2D eigenvalue weighted by molar-refractivity contribution is 8.16. The minimum atomic E-state index is -2.63. The molecule has 11 rings (SSSR count). The van der Waals surface area contributed by atoms with E-state index in [0.29, 0.717) is 17.5 Å². The molecule has 4 aromatic carbocycles. The minimum absolute atomic E-state index is 0.00233. The zero-order valence-corrected chi connectivity index (χ0v) is 58.0. The molecule has 8 aromatic rings. The molecule has 0 spiro atoms. The molecule has 5 unspecified atom stereocenters. The standard InChI is InChI=1S/C73H73F6N13O6S3/c1-5-47-16-10-17-48(40-47)71(28-13-33-80)90(87-62(99-71)54-41-51(74)22-25-57(54)77)65(93)68(96-2,46-70(98-4,49-18-11-36-83-44-49)67(95)91-72(29-14-34-81,50-19-12-37-84-45-50)100-63(88-91)55-42-52(75)23-26-58(55)78)31-32-69(97-3,60-20-6-8-38-85-60)66(94)92-73(30-15-35-82,61-21-7-9-39-86-61)101-64(89-92)56-43-53(76)24-27-59(56)79/h6-12,16-27,36-45H,5,13-15,28-35,46,80-82H2,1-4H3/t68?,69?,70-,71?,72?,73?/m0/s1. The van der Waals surface area contributed by atoms with Crippen LogP contribution in [0.1, 0.15) is 115 Å². The molecule has 0 aliphatic carbocycles. The highest BCUT2D eigenvalue weighted by Crippen LogP contribution is 2.58. The van der Waals surface area contributed by atoms with E-state index in [1.165, 1.54) is 76.7 Å². The predicted octanol–water partition coefficient (Wildman–Crippen LogP) is 12.2.